The Morgan fingerprint density at radius 1 is 1.37 bits per heavy atom. The molecule has 5 nitrogen and oxygen atoms in total. The van der Waals surface area contributed by atoms with E-state index in [2.05, 4.69) is 10.2 Å². The third-order valence-electron chi connectivity index (χ3n) is 3.56. The first-order valence-corrected chi connectivity index (χ1v) is 6.53. The standard InChI is InChI=1S/C14H21N3O2/c1-10-11(3-4-13-12(10)9-15-16-13)14(19)5-6-17(2)7-8-18/h3-4,9,14,18-19H,5-8H2,1-2H3,(H,15,16). The molecule has 1 aromatic heterocycles. The smallest absolute Gasteiger partial charge is 0.0805 e. The Morgan fingerprint density at radius 3 is 2.89 bits per heavy atom. The molecule has 2 aromatic rings. The molecule has 0 saturated carbocycles. The number of aryl methyl sites for hydroxylation is 1. The van der Waals surface area contributed by atoms with Crippen LogP contribution in [0.5, 0.6) is 0 Å². The summed E-state index contributed by atoms with van der Waals surface area (Å²) in [4.78, 5) is 2.01. The zero-order chi connectivity index (χ0) is 13.8. The highest BCUT2D eigenvalue weighted by Crippen LogP contribution is 2.26. The fourth-order valence-electron chi connectivity index (χ4n) is 2.32. The predicted molar refractivity (Wildman–Crippen MR) is 75.0 cm³/mol. The van der Waals surface area contributed by atoms with E-state index in [0.717, 1.165) is 28.6 Å². The third kappa shape index (κ3) is 3.12. The van der Waals surface area contributed by atoms with Gasteiger partial charge in [0.25, 0.3) is 0 Å². The van der Waals surface area contributed by atoms with Gasteiger partial charge in [-0.3, -0.25) is 5.10 Å². The summed E-state index contributed by atoms with van der Waals surface area (Å²) >= 11 is 0. The quantitative estimate of drug-likeness (QED) is 0.732. The van der Waals surface area contributed by atoms with Gasteiger partial charge in [0.1, 0.15) is 0 Å². The van der Waals surface area contributed by atoms with Crippen LogP contribution >= 0.6 is 0 Å². The lowest BCUT2D eigenvalue weighted by Gasteiger charge is -2.19. The number of aliphatic hydroxyl groups is 2. The number of nitrogens with zero attached hydrogens (tertiary/aromatic N) is 2. The minimum atomic E-state index is -0.486. The fourth-order valence-corrected chi connectivity index (χ4v) is 2.32. The van der Waals surface area contributed by atoms with Crippen LogP contribution in [-0.4, -0.2) is 52.1 Å². The van der Waals surface area contributed by atoms with Gasteiger partial charge in [0.2, 0.25) is 0 Å². The lowest BCUT2D eigenvalue weighted by atomic mass is 9.98. The molecule has 0 bridgehead atoms. The Labute approximate surface area is 112 Å². The first-order valence-electron chi connectivity index (χ1n) is 6.53. The maximum Gasteiger partial charge on any atom is 0.0805 e. The highest BCUT2D eigenvalue weighted by atomic mass is 16.3. The van der Waals surface area contributed by atoms with Gasteiger partial charge in [0.05, 0.1) is 24.4 Å². The van der Waals surface area contributed by atoms with E-state index in [4.69, 9.17) is 5.11 Å². The van der Waals surface area contributed by atoms with E-state index in [9.17, 15) is 5.11 Å². The van der Waals surface area contributed by atoms with E-state index in [1.807, 2.05) is 31.0 Å². The number of likely N-dealkylation sites (N-methyl/N-ethyl adjacent to an activating group) is 1. The molecule has 1 unspecified atom stereocenters. The number of hydrogen-bond donors (Lipinski definition) is 3. The first kappa shape index (κ1) is 14.0. The maximum absolute atomic E-state index is 10.3. The Balaban J connectivity index is 2.08. The van der Waals surface area contributed by atoms with Crippen LogP contribution in [0.1, 0.15) is 23.7 Å². The summed E-state index contributed by atoms with van der Waals surface area (Å²) in [5.74, 6) is 0. The number of aliphatic hydroxyl groups excluding tert-OH is 2. The lowest BCUT2D eigenvalue weighted by Crippen LogP contribution is -2.24. The second kappa shape index (κ2) is 6.14. The van der Waals surface area contributed by atoms with Crippen LogP contribution < -0.4 is 0 Å². The molecule has 2 rings (SSSR count). The van der Waals surface area contributed by atoms with Gasteiger partial charge in [0, 0.05) is 18.5 Å². The van der Waals surface area contributed by atoms with Crippen LogP contribution in [0.25, 0.3) is 10.9 Å². The largest absolute Gasteiger partial charge is 0.395 e. The summed E-state index contributed by atoms with van der Waals surface area (Å²) in [5, 5.41) is 27.1. The van der Waals surface area contributed by atoms with Crippen molar-refractivity contribution >= 4 is 10.9 Å². The maximum atomic E-state index is 10.3. The van der Waals surface area contributed by atoms with Gasteiger partial charge in [-0.05, 0) is 37.6 Å². The summed E-state index contributed by atoms with van der Waals surface area (Å²) in [7, 11) is 1.94. The minimum absolute atomic E-state index is 0.145. The Kier molecular flexibility index (Phi) is 4.52. The normalized spacial score (nSPS) is 13.3. The second-order valence-corrected chi connectivity index (χ2v) is 4.94. The van der Waals surface area contributed by atoms with Crippen LogP contribution in [0.2, 0.25) is 0 Å². The molecule has 0 fully saturated rings. The topological polar surface area (TPSA) is 72.4 Å². The van der Waals surface area contributed by atoms with E-state index < -0.39 is 6.10 Å². The molecule has 5 heteroatoms. The molecule has 0 amide bonds. The molecular formula is C14H21N3O2. The van der Waals surface area contributed by atoms with E-state index >= 15 is 0 Å². The van der Waals surface area contributed by atoms with Crippen LogP contribution in [0.15, 0.2) is 18.3 Å². The van der Waals surface area contributed by atoms with Crippen molar-refractivity contribution in [2.75, 3.05) is 26.7 Å². The van der Waals surface area contributed by atoms with Gasteiger partial charge in [0.15, 0.2) is 0 Å². The van der Waals surface area contributed by atoms with Crippen LogP contribution in [-0.2, 0) is 0 Å². The zero-order valence-corrected chi connectivity index (χ0v) is 11.4. The molecule has 104 valence electrons. The SMILES string of the molecule is Cc1c(C(O)CCN(C)CCO)ccc2[nH]ncc12. The van der Waals surface area contributed by atoms with Crippen molar-refractivity contribution in [2.45, 2.75) is 19.4 Å². The van der Waals surface area contributed by atoms with Gasteiger partial charge < -0.3 is 15.1 Å². The van der Waals surface area contributed by atoms with Crippen molar-refractivity contribution in [3.8, 4) is 0 Å². The second-order valence-electron chi connectivity index (χ2n) is 4.94. The van der Waals surface area contributed by atoms with Gasteiger partial charge >= 0.3 is 0 Å². The van der Waals surface area contributed by atoms with Crippen LogP contribution in [0.4, 0.5) is 0 Å². The fraction of sp³-hybridized carbons (Fsp3) is 0.500. The molecule has 0 aliphatic rings. The first-order chi connectivity index (χ1) is 9.13. The number of aromatic amines is 1. The molecular weight excluding hydrogens is 242 g/mol. The van der Waals surface area contributed by atoms with Crippen LogP contribution in [0, 0.1) is 6.92 Å². The molecule has 3 N–H and O–H groups in total. The average Bonchev–Trinajstić information content (AvgIpc) is 2.86. The number of rotatable bonds is 6. The van der Waals surface area contributed by atoms with E-state index in [1.165, 1.54) is 0 Å². The van der Waals surface area contributed by atoms with Crippen molar-refractivity contribution in [1.29, 1.82) is 0 Å². The van der Waals surface area contributed by atoms with Gasteiger partial charge in [-0.25, -0.2) is 0 Å². The highest BCUT2D eigenvalue weighted by molar-refractivity contribution is 5.82. The summed E-state index contributed by atoms with van der Waals surface area (Å²) in [5.41, 5.74) is 3.01. The summed E-state index contributed by atoms with van der Waals surface area (Å²) in [6, 6.07) is 3.90. The third-order valence-corrected chi connectivity index (χ3v) is 3.56. The summed E-state index contributed by atoms with van der Waals surface area (Å²) in [6.07, 6.45) is 1.96. The summed E-state index contributed by atoms with van der Waals surface area (Å²) in [6.45, 7) is 3.54. The van der Waals surface area contributed by atoms with Crippen LogP contribution in [0.3, 0.4) is 0 Å². The number of H-pyrrole nitrogens is 1. The Morgan fingerprint density at radius 2 is 2.16 bits per heavy atom. The van der Waals surface area contributed by atoms with E-state index in [0.29, 0.717) is 13.0 Å². The number of benzene rings is 1. The average molecular weight is 263 g/mol. The monoisotopic (exact) mass is 263 g/mol. The molecule has 0 spiro atoms. The molecule has 1 heterocycles. The van der Waals surface area contributed by atoms with Gasteiger partial charge in [-0.15, -0.1) is 0 Å². The minimum Gasteiger partial charge on any atom is -0.395 e. The highest BCUT2D eigenvalue weighted by Gasteiger charge is 2.13. The summed E-state index contributed by atoms with van der Waals surface area (Å²) < 4.78 is 0. The molecule has 0 radical (unpaired) electrons. The number of aromatic nitrogens is 2. The van der Waals surface area contributed by atoms with Crippen molar-refractivity contribution < 1.29 is 10.2 Å². The van der Waals surface area contributed by atoms with Gasteiger partial charge in [-0.2, -0.15) is 5.10 Å². The van der Waals surface area contributed by atoms with Crippen molar-refractivity contribution in [3.05, 3.63) is 29.5 Å². The molecule has 1 atom stereocenters. The number of fused-ring (bicyclic) bond motifs is 1. The van der Waals surface area contributed by atoms with E-state index in [-0.39, 0.29) is 6.61 Å². The zero-order valence-electron chi connectivity index (χ0n) is 11.4. The van der Waals surface area contributed by atoms with E-state index in [1.54, 1.807) is 6.20 Å². The molecule has 19 heavy (non-hydrogen) atoms. The number of hydrogen-bond acceptors (Lipinski definition) is 4. The predicted octanol–water partition coefficient (Wildman–Crippen LogP) is 1.22. The van der Waals surface area contributed by atoms with Crippen molar-refractivity contribution in [3.63, 3.8) is 0 Å². The van der Waals surface area contributed by atoms with Crippen molar-refractivity contribution in [2.24, 2.45) is 0 Å². The van der Waals surface area contributed by atoms with Gasteiger partial charge in [-0.1, -0.05) is 6.07 Å². The molecule has 0 saturated heterocycles. The number of nitrogens with one attached hydrogen (secondary N) is 1. The molecule has 0 aliphatic heterocycles. The lowest BCUT2D eigenvalue weighted by molar-refractivity contribution is 0.141. The van der Waals surface area contributed by atoms with Crippen molar-refractivity contribution in [1.82, 2.24) is 15.1 Å². The molecule has 1 aromatic carbocycles. The Hall–Kier alpha value is -1.43. The Bertz CT molecular complexity index is 538. The molecule has 0 aliphatic carbocycles.